The van der Waals surface area contributed by atoms with E-state index in [0.717, 1.165) is 18.6 Å². The molecule has 0 heterocycles. The molecule has 81 heavy (non-hydrogen) atoms. The lowest BCUT2D eigenvalue weighted by atomic mass is 10.1. The molecule has 3 atom stereocenters. The highest BCUT2D eigenvalue weighted by atomic mass is 16.6. The standard InChI is InChI=1S/C50H102O22.C8H8O/c1-6-48(2)45-71-50(4)47-72-49(3)46-70-44-43-69-42-41-68-40-39-67-38-37-66-36-35-65-34-33-64-32-31-63-30-29-62-28-27-61-26-25-60-24-23-59-22-21-58-20-19-57-18-17-56-16-15-55-14-13-54-12-11-53-10-9-52-8-7-51-5;1-7(9)8-5-3-2-4-6-8/h48-50H,6-47H2,1-5H3;2-6H,1H3. The highest BCUT2D eigenvalue weighted by molar-refractivity contribution is 5.93. The second kappa shape index (κ2) is 68.8. The van der Waals surface area contributed by atoms with Crippen molar-refractivity contribution in [2.24, 2.45) is 5.92 Å². The Kier molecular flexibility index (Phi) is 67.1. The largest absolute Gasteiger partial charge is 0.382 e. The predicted molar refractivity (Wildman–Crippen MR) is 304 cm³/mol. The molecule has 0 saturated carbocycles. The van der Waals surface area contributed by atoms with Crippen LogP contribution in [0.3, 0.4) is 0 Å². The number of ketones is 1. The molecular formula is C58H110O23. The highest BCUT2D eigenvalue weighted by Crippen LogP contribution is 2.05. The minimum Gasteiger partial charge on any atom is -0.382 e. The zero-order valence-electron chi connectivity index (χ0n) is 50.7. The molecule has 480 valence electrons. The van der Waals surface area contributed by atoms with E-state index in [0.29, 0.717) is 270 Å². The van der Waals surface area contributed by atoms with Crippen molar-refractivity contribution in [2.45, 2.75) is 53.2 Å². The Morgan fingerprint density at radius 1 is 0.309 bits per heavy atom. The average molecular weight is 1180 g/mol. The fourth-order valence-corrected chi connectivity index (χ4v) is 5.87. The van der Waals surface area contributed by atoms with Gasteiger partial charge in [-0.15, -0.1) is 0 Å². The first-order chi connectivity index (χ1) is 39.9. The van der Waals surface area contributed by atoms with Crippen molar-refractivity contribution in [1.29, 1.82) is 0 Å². The number of ether oxygens (including phenoxy) is 22. The van der Waals surface area contributed by atoms with Crippen molar-refractivity contribution in [3.8, 4) is 0 Å². The maximum Gasteiger partial charge on any atom is 0.159 e. The molecule has 0 aliphatic rings. The second-order valence-electron chi connectivity index (χ2n) is 17.8. The molecule has 1 aromatic carbocycles. The summed E-state index contributed by atoms with van der Waals surface area (Å²) >= 11 is 0. The number of Topliss-reactive ketones (excluding diaryl/α,β-unsaturated/α-hetero) is 1. The van der Waals surface area contributed by atoms with Gasteiger partial charge >= 0.3 is 0 Å². The van der Waals surface area contributed by atoms with Gasteiger partial charge < -0.3 is 104 Å². The lowest BCUT2D eigenvalue weighted by molar-refractivity contribution is -0.0683. The summed E-state index contributed by atoms with van der Waals surface area (Å²) in [5.74, 6) is 0.688. The first-order valence-electron chi connectivity index (χ1n) is 29.2. The molecule has 23 nitrogen and oxygen atoms in total. The Hall–Kier alpha value is -1.99. The van der Waals surface area contributed by atoms with E-state index in [9.17, 15) is 4.79 Å². The van der Waals surface area contributed by atoms with Crippen LogP contribution < -0.4 is 0 Å². The zero-order chi connectivity index (χ0) is 58.7. The van der Waals surface area contributed by atoms with Gasteiger partial charge in [0.1, 0.15) is 0 Å². The van der Waals surface area contributed by atoms with E-state index < -0.39 is 0 Å². The van der Waals surface area contributed by atoms with Crippen LogP contribution in [0.4, 0.5) is 0 Å². The van der Waals surface area contributed by atoms with Gasteiger partial charge in [0, 0.05) is 19.3 Å². The normalized spacial score (nSPS) is 12.7. The fraction of sp³-hybridized carbons (Fsp3) is 0.879. The molecule has 23 heteroatoms. The summed E-state index contributed by atoms with van der Waals surface area (Å²) in [6, 6.07) is 9.23. The molecule has 0 aliphatic carbocycles. The monoisotopic (exact) mass is 1170 g/mol. The van der Waals surface area contributed by atoms with Crippen molar-refractivity contribution in [3.63, 3.8) is 0 Å². The summed E-state index contributed by atoms with van der Waals surface area (Å²) in [5, 5.41) is 0. The summed E-state index contributed by atoms with van der Waals surface area (Å²) in [5.41, 5.74) is 0.775. The third-order valence-corrected chi connectivity index (χ3v) is 10.6. The lowest BCUT2D eigenvalue weighted by Gasteiger charge is -2.19. The van der Waals surface area contributed by atoms with E-state index in [4.69, 9.17) is 104 Å². The van der Waals surface area contributed by atoms with Crippen LogP contribution in [0.1, 0.15) is 51.4 Å². The zero-order valence-corrected chi connectivity index (χ0v) is 50.7. The van der Waals surface area contributed by atoms with Gasteiger partial charge in [0.05, 0.1) is 276 Å². The highest BCUT2D eigenvalue weighted by Gasteiger charge is 2.09. The molecular weight excluding hydrogens is 1060 g/mol. The number of methoxy groups -OCH3 is 1. The van der Waals surface area contributed by atoms with Crippen molar-refractivity contribution in [3.05, 3.63) is 35.9 Å². The Balaban J connectivity index is 0.00000641. The molecule has 0 aromatic heterocycles. The number of hydrogen-bond acceptors (Lipinski definition) is 23. The number of carbonyl (C=O) groups excluding carboxylic acids is 1. The van der Waals surface area contributed by atoms with Gasteiger partial charge in [0.2, 0.25) is 0 Å². The van der Waals surface area contributed by atoms with Crippen molar-refractivity contribution in [2.75, 3.05) is 278 Å². The van der Waals surface area contributed by atoms with Gasteiger partial charge in [-0.1, -0.05) is 50.6 Å². The van der Waals surface area contributed by atoms with Gasteiger partial charge in [0.25, 0.3) is 0 Å². The van der Waals surface area contributed by atoms with Gasteiger partial charge in [0.15, 0.2) is 5.78 Å². The van der Waals surface area contributed by atoms with E-state index in [-0.39, 0.29) is 18.0 Å². The predicted octanol–water partition coefficient (Wildman–Crippen LogP) is 4.69. The average Bonchev–Trinajstić information content (AvgIpc) is 3.48. The molecule has 0 amide bonds. The Morgan fingerprint density at radius 3 is 0.728 bits per heavy atom. The summed E-state index contributed by atoms with van der Waals surface area (Å²) < 4.78 is 121. The number of hydrogen-bond donors (Lipinski definition) is 0. The molecule has 0 aliphatic heterocycles. The van der Waals surface area contributed by atoms with Crippen molar-refractivity contribution < 1.29 is 109 Å². The van der Waals surface area contributed by atoms with Gasteiger partial charge in [-0.3, -0.25) is 4.79 Å². The molecule has 0 bridgehead atoms. The van der Waals surface area contributed by atoms with Crippen molar-refractivity contribution >= 4 is 5.78 Å². The minimum atomic E-state index is 0.00765. The number of benzene rings is 1. The van der Waals surface area contributed by atoms with Gasteiger partial charge in [-0.25, -0.2) is 0 Å². The summed E-state index contributed by atoms with van der Waals surface area (Å²) in [7, 11) is 1.64. The molecule has 0 spiro atoms. The molecule has 0 N–H and O–H groups in total. The van der Waals surface area contributed by atoms with Crippen LogP contribution in [0.2, 0.25) is 0 Å². The second-order valence-corrected chi connectivity index (χ2v) is 17.8. The Morgan fingerprint density at radius 2 is 0.519 bits per heavy atom. The maximum atomic E-state index is 10.6. The third kappa shape index (κ3) is 67.0. The van der Waals surface area contributed by atoms with Crippen LogP contribution in [0.25, 0.3) is 0 Å². The van der Waals surface area contributed by atoms with E-state index in [1.807, 2.05) is 44.2 Å². The lowest BCUT2D eigenvalue weighted by Crippen LogP contribution is -2.25. The molecule has 1 rings (SSSR count). The van der Waals surface area contributed by atoms with E-state index in [2.05, 4.69) is 13.8 Å². The number of carbonyl (C=O) groups is 1. The first kappa shape index (κ1) is 79.0. The summed E-state index contributed by atoms with van der Waals surface area (Å²) in [4.78, 5) is 10.6. The Bertz CT molecular complexity index is 1330. The molecule has 1 aromatic rings. The van der Waals surface area contributed by atoms with Crippen LogP contribution in [0.5, 0.6) is 0 Å². The van der Waals surface area contributed by atoms with Crippen LogP contribution >= 0.6 is 0 Å². The third-order valence-electron chi connectivity index (χ3n) is 10.6. The van der Waals surface area contributed by atoms with E-state index in [1.54, 1.807) is 14.0 Å². The molecule has 3 unspecified atom stereocenters. The number of rotatable bonds is 67. The summed E-state index contributed by atoms with van der Waals surface area (Å²) in [6.07, 6.45) is 1.20. The molecule has 0 saturated heterocycles. The maximum absolute atomic E-state index is 10.6. The first-order valence-corrected chi connectivity index (χ1v) is 29.2. The van der Waals surface area contributed by atoms with Crippen LogP contribution in [-0.2, 0) is 104 Å². The fourth-order valence-electron chi connectivity index (χ4n) is 5.87. The van der Waals surface area contributed by atoms with Crippen LogP contribution in [0, 0.1) is 5.92 Å². The van der Waals surface area contributed by atoms with E-state index >= 15 is 0 Å². The Labute approximate surface area is 486 Å². The smallest absolute Gasteiger partial charge is 0.159 e. The minimum absolute atomic E-state index is 0.00765. The summed E-state index contributed by atoms with van der Waals surface area (Å²) in [6.45, 7) is 31.1. The topological polar surface area (TPSA) is 220 Å². The van der Waals surface area contributed by atoms with Crippen LogP contribution in [-0.4, -0.2) is 296 Å². The molecule has 0 radical (unpaired) electrons. The van der Waals surface area contributed by atoms with Gasteiger partial charge in [-0.2, -0.15) is 0 Å². The van der Waals surface area contributed by atoms with Gasteiger partial charge in [-0.05, 0) is 26.7 Å². The van der Waals surface area contributed by atoms with Crippen LogP contribution in [0.15, 0.2) is 30.3 Å². The van der Waals surface area contributed by atoms with E-state index in [1.165, 1.54) is 0 Å². The quantitative estimate of drug-likeness (QED) is 0.0638. The van der Waals surface area contributed by atoms with Crippen molar-refractivity contribution in [1.82, 2.24) is 0 Å². The SMILES string of the molecule is CC(=O)c1ccccc1.CCC(C)COC(C)COC(C)COCCOCCOCCOCCOCCOCCOCCOCCOCCOCCOCCOCCOCCOCCOCCOCCOCCOCCOCCOC. The molecule has 0 fully saturated rings.